The molecule has 3 atom stereocenters. The van der Waals surface area contributed by atoms with Crippen molar-refractivity contribution in [3.05, 3.63) is 112 Å². The second-order valence-electron chi connectivity index (χ2n) is 13.3. The highest BCUT2D eigenvalue weighted by atomic mass is 32.1. The van der Waals surface area contributed by atoms with Crippen LogP contribution in [0, 0.1) is 17.0 Å². The van der Waals surface area contributed by atoms with Crippen LogP contribution >= 0.6 is 11.3 Å². The minimum atomic E-state index is -1.25. The Morgan fingerprint density at radius 2 is 1.56 bits per heavy atom. The summed E-state index contributed by atoms with van der Waals surface area (Å²) in [7, 11) is 0. The molecule has 1 aliphatic heterocycles. The lowest BCUT2D eigenvalue weighted by molar-refractivity contribution is -0.160. The summed E-state index contributed by atoms with van der Waals surface area (Å²) in [5, 5.41) is 0.199. The molecule has 12 heteroatoms. The summed E-state index contributed by atoms with van der Waals surface area (Å²) in [5.74, 6) is -3.87. The molecule has 3 aromatic carbocycles. The Hall–Kier alpha value is -4.84. The Labute approximate surface area is 292 Å². The quantitative estimate of drug-likeness (QED) is 0.112. The molecule has 0 N–H and O–H groups in total. The van der Waals surface area contributed by atoms with Crippen molar-refractivity contribution in [1.82, 2.24) is 14.8 Å². The standard InChI is InChI=1S/C38H38F3N3O5S/c1-22(49-23(2)45)35(46)43(18-17-26(21-39)44-36(47)27-13-9-10-14-28(27)37(44)48)33(38(3,4)5)32-31(19-24-11-7-6-8-12-24)50-34(42-32)29-20-25(40)15-16-30(29)41/h6-16,20,22,26,33H,17-19,21H2,1-5H3/t22?,26?,33-/m0/s1. The molecule has 2 heterocycles. The Bertz CT molecular complexity index is 1870. The maximum Gasteiger partial charge on any atom is 0.303 e. The van der Waals surface area contributed by atoms with Gasteiger partial charge in [0.05, 0.1) is 28.9 Å². The molecule has 0 bridgehead atoms. The van der Waals surface area contributed by atoms with Gasteiger partial charge in [0.15, 0.2) is 6.10 Å². The van der Waals surface area contributed by atoms with Crippen LogP contribution in [0.5, 0.6) is 0 Å². The van der Waals surface area contributed by atoms with Crippen LogP contribution in [0.2, 0.25) is 0 Å². The molecule has 0 fully saturated rings. The Morgan fingerprint density at radius 1 is 0.940 bits per heavy atom. The summed E-state index contributed by atoms with van der Waals surface area (Å²) in [6, 6.07) is 16.7. The average molecular weight is 706 g/mol. The van der Waals surface area contributed by atoms with Gasteiger partial charge in [0.1, 0.15) is 23.3 Å². The van der Waals surface area contributed by atoms with Gasteiger partial charge in [-0.2, -0.15) is 0 Å². The zero-order valence-corrected chi connectivity index (χ0v) is 29.2. The van der Waals surface area contributed by atoms with Crippen molar-refractivity contribution in [2.45, 2.75) is 65.6 Å². The highest BCUT2D eigenvalue weighted by Crippen LogP contribution is 2.44. The lowest BCUT2D eigenvalue weighted by Gasteiger charge is -2.41. The number of esters is 1. The van der Waals surface area contributed by atoms with Crippen LogP contribution in [-0.4, -0.2) is 63.8 Å². The lowest BCUT2D eigenvalue weighted by Crippen LogP contribution is -2.49. The summed E-state index contributed by atoms with van der Waals surface area (Å²) in [4.78, 5) is 60.7. The number of fused-ring (bicyclic) bond motifs is 1. The molecule has 0 radical (unpaired) electrons. The number of carbonyl (C=O) groups is 4. The van der Waals surface area contributed by atoms with E-state index in [0.717, 1.165) is 28.7 Å². The number of benzene rings is 3. The van der Waals surface area contributed by atoms with Gasteiger partial charge in [-0.15, -0.1) is 11.3 Å². The number of hydrogen-bond donors (Lipinski definition) is 0. The van der Waals surface area contributed by atoms with E-state index in [4.69, 9.17) is 9.72 Å². The minimum absolute atomic E-state index is 0.0440. The third kappa shape index (κ3) is 7.65. The first kappa shape index (κ1) is 36.4. The van der Waals surface area contributed by atoms with E-state index in [1.165, 1.54) is 42.2 Å². The Kier molecular flexibility index (Phi) is 10.9. The smallest absolute Gasteiger partial charge is 0.303 e. The van der Waals surface area contributed by atoms with E-state index in [-0.39, 0.29) is 34.7 Å². The van der Waals surface area contributed by atoms with Gasteiger partial charge < -0.3 is 9.64 Å². The first-order chi connectivity index (χ1) is 23.7. The number of halogens is 3. The summed E-state index contributed by atoms with van der Waals surface area (Å²) in [6.45, 7) is 6.99. The fourth-order valence-corrected chi connectivity index (χ4v) is 7.43. The van der Waals surface area contributed by atoms with Gasteiger partial charge in [0, 0.05) is 30.3 Å². The van der Waals surface area contributed by atoms with Gasteiger partial charge >= 0.3 is 5.97 Å². The minimum Gasteiger partial charge on any atom is -0.453 e. The lowest BCUT2D eigenvalue weighted by atomic mass is 9.82. The van der Waals surface area contributed by atoms with Crippen LogP contribution < -0.4 is 0 Å². The molecule has 50 heavy (non-hydrogen) atoms. The Morgan fingerprint density at radius 3 is 2.14 bits per heavy atom. The molecule has 3 amide bonds. The topological polar surface area (TPSA) is 96.9 Å². The number of nitrogens with zero attached hydrogens (tertiary/aromatic N) is 3. The van der Waals surface area contributed by atoms with Crippen LogP contribution in [-0.2, 0) is 20.7 Å². The number of alkyl halides is 1. The summed E-state index contributed by atoms with van der Waals surface area (Å²) in [6.07, 6.45) is -1.05. The zero-order valence-electron chi connectivity index (χ0n) is 28.4. The number of hydrogen-bond acceptors (Lipinski definition) is 7. The van der Waals surface area contributed by atoms with Gasteiger partial charge in [-0.3, -0.25) is 24.1 Å². The van der Waals surface area contributed by atoms with Crippen LogP contribution in [0.4, 0.5) is 13.2 Å². The number of aromatic nitrogens is 1. The monoisotopic (exact) mass is 705 g/mol. The number of thiazole rings is 1. The zero-order chi connectivity index (χ0) is 36.3. The molecule has 0 saturated carbocycles. The second-order valence-corrected chi connectivity index (χ2v) is 14.4. The Balaban J connectivity index is 1.61. The average Bonchev–Trinajstić information content (AvgIpc) is 3.58. The second kappa shape index (κ2) is 15.0. The molecule has 5 rings (SSSR count). The molecule has 2 unspecified atom stereocenters. The maximum absolute atomic E-state index is 15.1. The van der Waals surface area contributed by atoms with E-state index < -0.39 is 65.6 Å². The van der Waals surface area contributed by atoms with Crippen LogP contribution in [0.25, 0.3) is 10.6 Å². The highest BCUT2D eigenvalue weighted by molar-refractivity contribution is 7.15. The van der Waals surface area contributed by atoms with Crippen molar-refractivity contribution in [1.29, 1.82) is 0 Å². The summed E-state index contributed by atoms with van der Waals surface area (Å²) in [5.41, 5.74) is 0.841. The molecular formula is C38H38F3N3O5S. The largest absolute Gasteiger partial charge is 0.453 e. The molecule has 8 nitrogen and oxygen atoms in total. The van der Waals surface area contributed by atoms with E-state index in [0.29, 0.717) is 17.0 Å². The predicted molar refractivity (Wildman–Crippen MR) is 183 cm³/mol. The van der Waals surface area contributed by atoms with Gasteiger partial charge in [-0.1, -0.05) is 63.2 Å². The van der Waals surface area contributed by atoms with Crippen molar-refractivity contribution in [2.75, 3.05) is 13.2 Å². The van der Waals surface area contributed by atoms with Crippen molar-refractivity contribution in [2.24, 2.45) is 5.41 Å². The first-order valence-corrected chi connectivity index (χ1v) is 17.0. The molecule has 4 aromatic rings. The molecular weight excluding hydrogens is 667 g/mol. The van der Waals surface area contributed by atoms with Crippen LogP contribution in [0.3, 0.4) is 0 Å². The van der Waals surface area contributed by atoms with Crippen molar-refractivity contribution >= 4 is 35.0 Å². The maximum atomic E-state index is 15.1. The van der Waals surface area contributed by atoms with Crippen molar-refractivity contribution in [3.63, 3.8) is 0 Å². The number of carbonyl (C=O) groups excluding carboxylic acids is 4. The fraction of sp³-hybridized carbons (Fsp3) is 0.342. The first-order valence-electron chi connectivity index (χ1n) is 16.2. The van der Waals surface area contributed by atoms with Gasteiger partial charge in [0.25, 0.3) is 17.7 Å². The summed E-state index contributed by atoms with van der Waals surface area (Å²) < 4.78 is 49.6. The normalized spacial score (nSPS) is 14.7. The number of imide groups is 1. The predicted octanol–water partition coefficient (Wildman–Crippen LogP) is 7.57. The van der Waals surface area contributed by atoms with Crippen LogP contribution in [0.1, 0.15) is 83.9 Å². The molecule has 1 aromatic heterocycles. The number of amides is 3. The highest BCUT2D eigenvalue weighted by Gasteiger charge is 2.43. The van der Waals surface area contributed by atoms with E-state index in [1.807, 2.05) is 51.1 Å². The molecule has 1 aliphatic rings. The van der Waals surface area contributed by atoms with Crippen molar-refractivity contribution < 1.29 is 37.1 Å². The van der Waals surface area contributed by atoms with E-state index in [9.17, 15) is 28.0 Å². The van der Waals surface area contributed by atoms with E-state index in [1.54, 1.807) is 12.1 Å². The van der Waals surface area contributed by atoms with Crippen LogP contribution in [0.15, 0.2) is 72.8 Å². The molecule has 0 aliphatic carbocycles. The van der Waals surface area contributed by atoms with Gasteiger partial charge in [-0.25, -0.2) is 18.2 Å². The van der Waals surface area contributed by atoms with Gasteiger partial charge in [0.2, 0.25) is 0 Å². The SMILES string of the molecule is CC(=O)OC(C)C(=O)N(CCC(CF)N1C(=O)c2ccccc2C1=O)[C@@H](c1nc(-c2cc(F)ccc2F)sc1Cc1ccccc1)C(C)(C)C. The van der Waals surface area contributed by atoms with Gasteiger partial charge in [-0.05, 0) is 54.7 Å². The number of rotatable bonds is 12. The van der Waals surface area contributed by atoms with E-state index >= 15 is 4.39 Å². The van der Waals surface area contributed by atoms with Crippen molar-refractivity contribution in [3.8, 4) is 10.6 Å². The third-order valence-electron chi connectivity index (χ3n) is 8.53. The molecule has 262 valence electrons. The number of ether oxygens (including phenoxy) is 1. The molecule has 0 saturated heterocycles. The molecule has 0 spiro atoms. The fourth-order valence-electron chi connectivity index (χ4n) is 6.29. The summed E-state index contributed by atoms with van der Waals surface area (Å²) >= 11 is 1.17. The van der Waals surface area contributed by atoms with E-state index in [2.05, 4.69) is 0 Å². The third-order valence-corrected chi connectivity index (χ3v) is 9.63.